The lowest BCUT2D eigenvalue weighted by Gasteiger charge is -2.04. The molecule has 4 rings (SSSR count). The van der Waals surface area contributed by atoms with Crippen LogP contribution in [0.1, 0.15) is 27.1 Å². The molecule has 0 N–H and O–H groups in total. The SMILES string of the molecule is O=C1CC(=O)c2cc3cc4ccccc4cc3cc21. The van der Waals surface area contributed by atoms with Crippen molar-refractivity contribution in [3.63, 3.8) is 0 Å². The fraction of sp³-hybridized carbons (Fsp3) is 0.0588. The van der Waals surface area contributed by atoms with Gasteiger partial charge in [0.05, 0.1) is 6.42 Å². The van der Waals surface area contributed by atoms with Crippen molar-refractivity contribution in [2.24, 2.45) is 0 Å². The van der Waals surface area contributed by atoms with Crippen LogP contribution in [0.15, 0.2) is 48.5 Å². The predicted octanol–water partition coefficient (Wildman–Crippen LogP) is 3.76. The molecule has 90 valence electrons. The molecule has 0 heterocycles. The summed E-state index contributed by atoms with van der Waals surface area (Å²) in [4.78, 5) is 23.5. The summed E-state index contributed by atoms with van der Waals surface area (Å²) in [6.07, 6.45) is 0.0190. The minimum absolute atomic E-state index is 0.0190. The van der Waals surface area contributed by atoms with E-state index in [-0.39, 0.29) is 18.0 Å². The largest absolute Gasteiger partial charge is 0.294 e. The third-order valence-corrected chi connectivity index (χ3v) is 3.76. The molecule has 0 spiro atoms. The maximum Gasteiger partial charge on any atom is 0.171 e. The molecule has 1 aliphatic rings. The fourth-order valence-corrected chi connectivity index (χ4v) is 2.79. The summed E-state index contributed by atoms with van der Waals surface area (Å²) in [6, 6.07) is 15.9. The molecule has 0 saturated carbocycles. The van der Waals surface area contributed by atoms with Gasteiger partial charge in [-0.25, -0.2) is 0 Å². The Morgan fingerprint density at radius 2 is 1.11 bits per heavy atom. The average Bonchev–Trinajstić information content (AvgIpc) is 2.69. The van der Waals surface area contributed by atoms with Crippen LogP contribution in [-0.2, 0) is 0 Å². The van der Waals surface area contributed by atoms with E-state index >= 15 is 0 Å². The zero-order chi connectivity index (χ0) is 13.0. The van der Waals surface area contributed by atoms with Crippen molar-refractivity contribution in [2.45, 2.75) is 6.42 Å². The van der Waals surface area contributed by atoms with Gasteiger partial charge < -0.3 is 0 Å². The number of ketones is 2. The zero-order valence-electron chi connectivity index (χ0n) is 10.1. The van der Waals surface area contributed by atoms with Gasteiger partial charge >= 0.3 is 0 Å². The summed E-state index contributed by atoms with van der Waals surface area (Å²) in [5.41, 5.74) is 1.15. The average molecular weight is 246 g/mol. The zero-order valence-corrected chi connectivity index (χ0v) is 10.1. The minimum Gasteiger partial charge on any atom is -0.294 e. The summed E-state index contributed by atoms with van der Waals surface area (Å²) >= 11 is 0. The number of benzene rings is 3. The van der Waals surface area contributed by atoms with Gasteiger partial charge in [0.1, 0.15) is 0 Å². The number of hydrogen-bond donors (Lipinski definition) is 0. The van der Waals surface area contributed by atoms with Crippen LogP contribution in [0.4, 0.5) is 0 Å². The third kappa shape index (κ3) is 1.43. The number of hydrogen-bond acceptors (Lipinski definition) is 2. The summed E-state index contributed by atoms with van der Waals surface area (Å²) < 4.78 is 0. The highest BCUT2D eigenvalue weighted by Gasteiger charge is 2.27. The van der Waals surface area contributed by atoms with Gasteiger partial charge in [0.15, 0.2) is 11.6 Å². The van der Waals surface area contributed by atoms with Gasteiger partial charge in [0.25, 0.3) is 0 Å². The highest BCUT2D eigenvalue weighted by molar-refractivity contribution is 6.26. The van der Waals surface area contributed by atoms with Gasteiger partial charge in [-0.05, 0) is 45.8 Å². The molecular formula is C17H10O2. The lowest BCUT2D eigenvalue weighted by atomic mass is 9.99. The Labute approximate surface area is 109 Å². The Bertz CT molecular complexity index is 803. The second kappa shape index (κ2) is 3.51. The van der Waals surface area contributed by atoms with E-state index in [4.69, 9.17) is 0 Å². The van der Waals surface area contributed by atoms with Crippen LogP contribution in [0.3, 0.4) is 0 Å². The van der Waals surface area contributed by atoms with E-state index < -0.39 is 0 Å². The van der Waals surface area contributed by atoms with Gasteiger partial charge in [0, 0.05) is 11.1 Å². The van der Waals surface area contributed by atoms with Crippen LogP contribution in [0.2, 0.25) is 0 Å². The van der Waals surface area contributed by atoms with Gasteiger partial charge in [-0.3, -0.25) is 9.59 Å². The topological polar surface area (TPSA) is 34.1 Å². The maximum absolute atomic E-state index is 11.8. The van der Waals surface area contributed by atoms with Crippen molar-refractivity contribution in [3.8, 4) is 0 Å². The lowest BCUT2D eigenvalue weighted by molar-refractivity contribution is 0.0923. The van der Waals surface area contributed by atoms with Crippen LogP contribution in [0, 0.1) is 0 Å². The van der Waals surface area contributed by atoms with Crippen LogP contribution in [0.5, 0.6) is 0 Å². The summed E-state index contributed by atoms with van der Waals surface area (Å²) in [7, 11) is 0. The molecule has 0 aliphatic heterocycles. The third-order valence-electron chi connectivity index (χ3n) is 3.76. The summed E-state index contributed by atoms with van der Waals surface area (Å²) in [5, 5.41) is 4.32. The molecule has 0 aromatic heterocycles. The second-order valence-corrected chi connectivity index (χ2v) is 4.97. The molecule has 0 amide bonds. The quantitative estimate of drug-likeness (QED) is 0.447. The Morgan fingerprint density at radius 3 is 1.58 bits per heavy atom. The Morgan fingerprint density at radius 1 is 0.632 bits per heavy atom. The molecule has 0 fully saturated rings. The van der Waals surface area contributed by atoms with Gasteiger partial charge in [-0.15, -0.1) is 0 Å². The van der Waals surface area contributed by atoms with Crippen molar-refractivity contribution in [2.75, 3.05) is 0 Å². The van der Waals surface area contributed by atoms with Crippen LogP contribution in [0.25, 0.3) is 21.5 Å². The van der Waals surface area contributed by atoms with E-state index in [0.29, 0.717) is 11.1 Å². The second-order valence-electron chi connectivity index (χ2n) is 4.97. The summed E-state index contributed by atoms with van der Waals surface area (Å²) in [6.45, 7) is 0. The monoisotopic (exact) mass is 246 g/mol. The summed E-state index contributed by atoms with van der Waals surface area (Å²) in [5.74, 6) is -0.120. The van der Waals surface area contributed by atoms with Crippen molar-refractivity contribution in [1.29, 1.82) is 0 Å². The molecular weight excluding hydrogens is 236 g/mol. The molecule has 0 unspecified atom stereocenters. The lowest BCUT2D eigenvalue weighted by Crippen LogP contribution is -1.91. The molecule has 3 aromatic rings. The standard InChI is InChI=1S/C17H10O2/c18-16-9-17(19)15-8-13-6-11-4-2-1-3-10(11)5-12(13)7-14(15)16/h1-8H,9H2. The smallest absolute Gasteiger partial charge is 0.171 e. The number of carbonyl (C=O) groups excluding carboxylic acids is 2. The van der Waals surface area contributed by atoms with E-state index in [9.17, 15) is 9.59 Å². The maximum atomic E-state index is 11.8. The van der Waals surface area contributed by atoms with Gasteiger partial charge in [-0.2, -0.15) is 0 Å². The molecule has 0 bridgehead atoms. The Balaban J connectivity index is 2.13. The highest BCUT2D eigenvalue weighted by Crippen LogP contribution is 2.30. The normalized spacial score (nSPS) is 14.3. The molecule has 0 atom stereocenters. The number of carbonyl (C=O) groups is 2. The van der Waals surface area contributed by atoms with Crippen molar-refractivity contribution >= 4 is 33.1 Å². The molecule has 19 heavy (non-hydrogen) atoms. The number of fused-ring (bicyclic) bond motifs is 3. The first kappa shape index (κ1) is 10.4. The first-order valence-corrected chi connectivity index (χ1v) is 6.25. The first-order valence-electron chi connectivity index (χ1n) is 6.25. The van der Waals surface area contributed by atoms with E-state index in [0.717, 1.165) is 21.5 Å². The van der Waals surface area contributed by atoms with E-state index in [1.165, 1.54) is 0 Å². The Kier molecular flexibility index (Phi) is 1.93. The number of rotatable bonds is 0. The molecule has 2 nitrogen and oxygen atoms in total. The Hall–Kier alpha value is -2.48. The fourth-order valence-electron chi connectivity index (χ4n) is 2.79. The van der Waals surface area contributed by atoms with E-state index in [2.05, 4.69) is 24.3 Å². The van der Waals surface area contributed by atoms with Crippen LogP contribution < -0.4 is 0 Å². The van der Waals surface area contributed by atoms with Crippen LogP contribution in [-0.4, -0.2) is 11.6 Å². The molecule has 3 aromatic carbocycles. The van der Waals surface area contributed by atoms with Crippen LogP contribution >= 0.6 is 0 Å². The van der Waals surface area contributed by atoms with Crippen molar-refractivity contribution < 1.29 is 9.59 Å². The highest BCUT2D eigenvalue weighted by atomic mass is 16.2. The molecule has 1 aliphatic carbocycles. The minimum atomic E-state index is -0.0601. The van der Waals surface area contributed by atoms with Crippen molar-refractivity contribution in [1.82, 2.24) is 0 Å². The van der Waals surface area contributed by atoms with Gasteiger partial charge in [0.2, 0.25) is 0 Å². The molecule has 2 heteroatoms. The first-order chi connectivity index (χ1) is 9.22. The van der Waals surface area contributed by atoms with E-state index in [1.807, 2.05) is 24.3 Å². The van der Waals surface area contributed by atoms with Crippen molar-refractivity contribution in [3.05, 3.63) is 59.7 Å². The van der Waals surface area contributed by atoms with Gasteiger partial charge in [-0.1, -0.05) is 24.3 Å². The van der Waals surface area contributed by atoms with E-state index in [1.54, 1.807) is 0 Å². The molecule has 0 saturated heterocycles. The number of Topliss-reactive ketones (excluding diaryl/α,β-unsaturated/α-hetero) is 2. The predicted molar refractivity (Wildman–Crippen MR) is 74.7 cm³/mol. The molecule has 0 radical (unpaired) electrons.